The summed E-state index contributed by atoms with van der Waals surface area (Å²) in [5, 5.41) is 0. The van der Waals surface area contributed by atoms with Gasteiger partial charge in [0, 0.05) is 17.5 Å². The summed E-state index contributed by atoms with van der Waals surface area (Å²) >= 11 is 0. The number of methoxy groups -OCH3 is 2. The van der Waals surface area contributed by atoms with E-state index in [1.807, 2.05) is 13.1 Å². The molecule has 0 aliphatic rings. The van der Waals surface area contributed by atoms with Gasteiger partial charge in [-0.3, -0.25) is 4.98 Å². The van der Waals surface area contributed by atoms with Gasteiger partial charge in [0.15, 0.2) is 0 Å². The molecule has 0 radical (unpaired) electrons. The zero-order chi connectivity index (χ0) is 19.7. The Bertz CT molecular complexity index is 959. The summed E-state index contributed by atoms with van der Waals surface area (Å²) in [5.41, 5.74) is 10.2. The van der Waals surface area contributed by atoms with E-state index in [0.717, 1.165) is 50.6 Å². The highest BCUT2D eigenvalue weighted by Crippen LogP contribution is 2.38. The van der Waals surface area contributed by atoms with Crippen LogP contribution in [0.25, 0.3) is 22.3 Å². The van der Waals surface area contributed by atoms with Gasteiger partial charge in [-0.2, -0.15) is 0 Å². The number of ether oxygens (including phenoxy) is 2. The van der Waals surface area contributed by atoms with E-state index >= 15 is 0 Å². The fourth-order valence-corrected chi connectivity index (χ4v) is 3.88. The summed E-state index contributed by atoms with van der Waals surface area (Å²) < 4.78 is 11.1. The maximum absolute atomic E-state index is 5.54. The molecule has 0 fully saturated rings. The lowest BCUT2D eigenvalue weighted by Crippen LogP contribution is -1.96. The number of aromatic nitrogens is 1. The zero-order valence-electron chi connectivity index (χ0n) is 17.2. The van der Waals surface area contributed by atoms with E-state index in [9.17, 15) is 0 Å². The summed E-state index contributed by atoms with van der Waals surface area (Å²) in [6.07, 6.45) is 1.97. The van der Waals surface area contributed by atoms with Gasteiger partial charge in [0.2, 0.25) is 0 Å². The van der Waals surface area contributed by atoms with Crippen LogP contribution in [-0.2, 0) is 0 Å². The Morgan fingerprint density at radius 1 is 0.593 bits per heavy atom. The standard InChI is InChI=1S/C24H27NO2/c1-14-8-19(9-15(2)23(14)26-6)21-12-18(5)25-13-22(21)20-10-16(3)24(27-7)17(4)11-20/h8-13H,1-7H3. The Morgan fingerprint density at radius 3 is 1.41 bits per heavy atom. The molecule has 0 saturated heterocycles. The molecule has 0 bridgehead atoms. The highest BCUT2D eigenvalue weighted by Gasteiger charge is 2.14. The molecule has 3 heteroatoms. The first-order valence-corrected chi connectivity index (χ1v) is 9.13. The highest BCUT2D eigenvalue weighted by molar-refractivity contribution is 5.85. The lowest BCUT2D eigenvalue weighted by Gasteiger charge is -2.17. The number of nitrogens with zero attached hydrogens (tertiary/aromatic N) is 1. The van der Waals surface area contributed by atoms with Crippen LogP contribution < -0.4 is 9.47 Å². The van der Waals surface area contributed by atoms with Crippen molar-refractivity contribution in [1.82, 2.24) is 4.98 Å². The first-order valence-electron chi connectivity index (χ1n) is 9.13. The summed E-state index contributed by atoms with van der Waals surface area (Å²) in [6.45, 7) is 10.4. The molecule has 140 valence electrons. The van der Waals surface area contributed by atoms with Crippen molar-refractivity contribution < 1.29 is 9.47 Å². The van der Waals surface area contributed by atoms with Crippen molar-refractivity contribution in [3.8, 4) is 33.8 Å². The summed E-state index contributed by atoms with van der Waals surface area (Å²) in [7, 11) is 3.44. The van der Waals surface area contributed by atoms with Crippen LogP contribution in [0.2, 0.25) is 0 Å². The zero-order valence-corrected chi connectivity index (χ0v) is 17.2. The largest absolute Gasteiger partial charge is 0.496 e. The number of pyridine rings is 1. The number of benzene rings is 2. The minimum absolute atomic E-state index is 0.941. The van der Waals surface area contributed by atoms with Gasteiger partial charge in [0.1, 0.15) is 11.5 Å². The van der Waals surface area contributed by atoms with Crippen LogP contribution in [0.5, 0.6) is 11.5 Å². The van der Waals surface area contributed by atoms with Crippen LogP contribution in [0.3, 0.4) is 0 Å². The van der Waals surface area contributed by atoms with E-state index in [-0.39, 0.29) is 0 Å². The molecular weight excluding hydrogens is 334 g/mol. The van der Waals surface area contributed by atoms with Crippen LogP contribution in [0.1, 0.15) is 27.9 Å². The lowest BCUT2D eigenvalue weighted by atomic mass is 9.91. The second-order valence-corrected chi connectivity index (χ2v) is 7.16. The molecule has 3 nitrogen and oxygen atoms in total. The Morgan fingerprint density at radius 2 is 1.00 bits per heavy atom. The van der Waals surface area contributed by atoms with Crippen LogP contribution in [0.15, 0.2) is 36.5 Å². The molecule has 1 aromatic heterocycles. The molecule has 2 aromatic carbocycles. The van der Waals surface area contributed by atoms with Crippen molar-refractivity contribution in [2.45, 2.75) is 34.6 Å². The smallest absolute Gasteiger partial charge is 0.124 e. The molecule has 0 aliphatic carbocycles. The van der Waals surface area contributed by atoms with Gasteiger partial charge in [-0.1, -0.05) is 0 Å². The molecule has 0 saturated carbocycles. The maximum atomic E-state index is 5.54. The van der Waals surface area contributed by atoms with Gasteiger partial charge >= 0.3 is 0 Å². The Balaban J connectivity index is 2.24. The predicted octanol–water partition coefficient (Wildman–Crippen LogP) is 5.97. The fourth-order valence-electron chi connectivity index (χ4n) is 3.88. The molecule has 0 atom stereocenters. The summed E-state index contributed by atoms with van der Waals surface area (Å²) in [4.78, 5) is 4.57. The molecule has 3 rings (SSSR count). The monoisotopic (exact) mass is 361 g/mol. The summed E-state index contributed by atoms with van der Waals surface area (Å²) in [6, 6.07) is 10.9. The van der Waals surface area contributed by atoms with E-state index < -0.39 is 0 Å². The minimum atomic E-state index is 0.941. The quantitative estimate of drug-likeness (QED) is 0.573. The number of hydrogen-bond acceptors (Lipinski definition) is 3. The lowest BCUT2D eigenvalue weighted by molar-refractivity contribution is 0.408. The van der Waals surface area contributed by atoms with Gasteiger partial charge in [-0.05, 0) is 104 Å². The third-order valence-corrected chi connectivity index (χ3v) is 4.99. The van der Waals surface area contributed by atoms with Crippen LogP contribution >= 0.6 is 0 Å². The van der Waals surface area contributed by atoms with Crippen molar-refractivity contribution in [3.05, 3.63) is 64.5 Å². The van der Waals surface area contributed by atoms with Gasteiger partial charge in [0.05, 0.1) is 14.2 Å². The van der Waals surface area contributed by atoms with Gasteiger partial charge in [-0.15, -0.1) is 0 Å². The Kier molecular flexibility index (Phi) is 5.22. The van der Waals surface area contributed by atoms with E-state index in [0.29, 0.717) is 0 Å². The van der Waals surface area contributed by atoms with Gasteiger partial charge in [-0.25, -0.2) is 0 Å². The van der Waals surface area contributed by atoms with Crippen molar-refractivity contribution >= 4 is 0 Å². The third-order valence-electron chi connectivity index (χ3n) is 4.99. The highest BCUT2D eigenvalue weighted by atomic mass is 16.5. The van der Waals surface area contributed by atoms with Crippen molar-refractivity contribution in [2.75, 3.05) is 14.2 Å². The van der Waals surface area contributed by atoms with Crippen LogP contribution in [-0.4, -0.2) is 19.2 Å². The molecule has 0 unspecified atom stereocenters. The minimum Gasteiger partial charge on any atom is -0.496 e. The van der Waals surface area contributed by atoms with E-state index in [1.165, 1.54) is 11.1 Å². The first kappa shape index (κ1) is 19.0. The second kappa shape index (κ2) is 7.43. The van der Waals surface area contributed by atoms with E-state index in [1.54, 1.807) is 14.2 Å². The van der Waals surface area contributed by atoms with Crippen LogP contribution in [0.4, 0.5) is 0 Å². The average Bonchev–Trinajstić information content (AvgIpc) is 2.61. The Labute approximate surface area is 162 Å². The summed E-state index contributed by atoms with van der Waals surface area (Å²) in [5.74, 6) is 1.89. The van der Waals surface area contributed by atoms with Crippen molar-refractivity contribution in [1.29, 1.82) is 0 Å². The Hall–Kier alpha value is -2.81. The third kappa shape index (κ3) is 3.55. The SMILES string of the molecule is COc1c(C)cc(-c2cnc(C)cc2-c2cc(C)c(OC)c(C)c2)cc1C. The first-order chi connectivity index (χ1) is 12.8. The molecular formula is C24H27NO2. The molecule has 0 aliphatic heterocycles. The van der Waals surface area contributed by atoms with E-state index in [4.69, 9.17) is 9.47 Å². The molecule has 3 aromatic rings. The van der Waals surface area contributed by atoms with Gasteiger partial charge in [0.25, 0.3) is 0 Å². The van der Waals surface area contributed by atoms with Gasteiger partial charge < -0.3 is 9.47 Å². The number of aryl methyl sites for hydroxylation is 5. The fraction of sp³-hybridized carbons (Fsp3) is 0.292. The maximum Gasteiger partial charge on any atom is 0.124 e. The topological polar surface area (TPSA) is 31.4 Å². The normalized spacial score (nSPS) is 10.8. The molecule has 0 N–H and O–H groups in total. The molecule has 1 heterocycles. The number of rotatable bonds is 4. The van der Waals surface area contributed by atoms with E-state index in [2.05, 4.69) is 63.0 Å². The molecule has 0 amide bonds. The average molecular weight is 361 g/mol. The molecule has 27 heavy (non-hydrogen) atoms. The van der Waals surface area contributed by atoms with Crippen molar-refractivity contribution in [3.63, 3.8) is 0 Å². The number of hydrogen-bond donors (Lipinski definition) is 0. The predicted molar refractivity (Wildman–Crippen MR) is 112 cm³/mol. The van der Waals surface area contributed by atoms with Crippen LogP contribution in [0, 0.1) is 34.6 Å². The molecule has 0 spiro atoms. The second-order valence-electron chi connectivity index (χ2n) is 7.16. The van der Waals surface area contributed by atoms with Crippen molar-refractivity contribution in [2.24, 2.45) is 0 Å².